The maximum atomic E-state index is 11.7. The molecule has 134 valence electrons. The Morgan fingerprint density at radius 1 is 1.12 bits per heavy atom. The summed E-state index contributed by atoms with van der Waals surface area (Å²) < 4.78 is 11.3. The SMILES string of the molecule is Cc1ccccc1OCCCC(=O)NCCNC(=O)c1ccc(Br)o1. The third kappa shape index (κ3) is 6.62. The number of amides is 2. The van der Waals surface area contributed by atoms with Crippen LogP contribution in [0.25, 0.3) is 0 Å². The number of hydrogen-bond acceptors (Lipinski definition) is 4. The first-order chi connectivity index (χ1) is 12.1. The van der Waals surface area contributed by atoms with Crippen molar-refractivity contribution in [3.8, 4) is 5.75 Å². The molecule has 0 radical (unpaired) electrons. The van der Waals surface area contributed by atoms with Gasteiger partial charge in [0.15, 0.2) is 10.4 Å². The quantitative estimate of drug-likeness (QED) is 0.624. The Labute approximate surface area is 155 Å². The molecule has 0 saturated carbocycles. The minimum Gasteiger partial charge on any atom is -0.493 e. The number of hydrogen-bond donors (Lipinski definition) is 2. The number of para-hydroxylation sites is 1. The summed E-state index contributed by atoms with van der Waals surface area (Å²) in [6.07, 6.45) is 1.01. The number of furan rings is 1. The average Bonchev–Trinajstić information content (AvgIpc) is 3.03. The van der Waals surface area contributed by atoms with Crippen LogP contribution in [0.4, 0.5) is 0 Å². The fourth-order valence-electron chi connectivity index (χ4n) is 2.12. The molecule has 1 aromatic carbocycles. The van der Waals surface area contributed by atoms with Crippen molar-refractivity contribution in [2.75, 3.05) is 19.7 Å². The van der Waals surface area contributed by atoms with Crippen molar-refractivity contribution < 1.29 is 18.7 Å². The van der Waals surface area contributed by atoms with Gasteiger partial charge in [-0.15, -0.1) is 0 Å². The minimum absolute atomic E-state index is 0.0663. The number of nitrogens with one attached hydrogen (secondary N) is 2. The number of carbonyl (C=O) groups is 2. The molecule has 0 aliphatic heterocycles. The Balaban J connectivity index is 1.54. The van der Waals surface area contributed by atoms with E-state index in [2.05, 4.69) is 26.6 Å². The topological polar surface area (TPSA) is 80.6 Å². The molecule has 0 spiro atoms. The first kappa shape index (κ1) is 19.1. The number of ether oxygens (including phenoxy) is 1. The summed E-state index contributed by atoms with van der Waals surface area (Å²) in [5.41, 5.74) is 1.08. The summed E-state index contributed by atoms with van der Waals surface area (Å²) in [5, 5.41) is 5.43. The van der Waals surface area contributed by atoms with Crippen LogP contribution in [0.3, 0.4) is 0 Å². The van der Waals surface area contributed by atoms with Crippen LogP contribution >= 0.6 is 15.9 Å². The van der Waals surface area contributed by atoms with Crippen LogP contribution in [0.1, 0.15) is 29.0 Å². The van der Waals surface area contributed by atoms with Crippen LogP contribution in [0.15, 0.2) is 45.5 Å². The molecule has 6 nitrogen and oxygen atoms in total. The van der Waals surface area contributed by atoms with Crippen LogP contribution in [0.5, 0.6) is 5.75 Å². The average molecular weight is 409 g/mol. The molecule has 2 aromatic rings. The molecule has 0 atom stereocenters. The molecular weight excluding hydrogens is 388 g/mol. The summed E-state index contributed by atoms with van der Waals surface area (Å²) in [5.74, 6) is 0.691. The van der Waals surface area contributed by atoms with Crippen molar-refractivity contribution in [2.45, 2.75) is 19.8 Å². The van der Waals surface area contributed by atoms with Gasteiger partial charge in [-0.2, -0.15) is 0 Å². The van der Waals surface area contributed by atoms with Gasteiger partial charge in [0.05, 0.1) is 6.61 Å². The van der Waals surface area contributed by atoms with Gasteiger partial charge in [-0.3, -0.25) is 9.59 Å². The van der Waals surface area contributed by atoms with Gasteiger partial charge in [-0.25, -0.2) is 0 Å². The summed E-state index contributed by atoms with van der Waals surface area (Å²) in [6, 6.07) is 11.0. The molecule has 0 unspecified atom stereocenters. The second kappa shape index (κ2) is 9.88. The number of rotatable bonds is 9. The molecule has 1 aromatic heterocycles. The highest BCUT2D eigenvalue weighted by molar-refractivity contribution is 9.10. The largest absolute Gasteiger partial charge is 0.493 e. The van der Waals surface area contributed by atoms with Crippen LogP contribution < -0.4 is 15.4 Å². The van der Waals surface area contributed by atoms with Crippen molar-refractivity contribution in [3.05, 3.63) is 52.4 Å². The van der Waals surface area contributed by atoms with E-state index in [0.717, 1.165) is 11.3 Å². The second-order valence-electron chi connectivity index (χ2n) is 5.43. The fraction of sp³-hybridized carbons (Fsp3) is 0.333. The third-order valence-corrected chi connectivity index (χ3v) is 3.86. The van der Waals surface area contributed by atoms with Crippen molar-refractivity contribution >= 4 is 27.7 Å². The van der Waals surface area contributed by atoms with E-state index in [4.69, 9.17) is 9.15 Å². The maximum absolute atomic E-state index is 11.7. The van der Waals surface area contributed by atoms with Gasteiger partial charge >= 0.3 is 0 Å². The Morgan fingerprint density at radius 2 is 1.88 bits per heavy atom. The van der Waals surface area contributed by atoms with E-state index in [1.54, 1.807) is 12.1 Å². The van der Waals surface area contributed by atoms with E-state index in [0.29, 0.717) is 37.2 Å². The lowest BCUT2D eigenvalue weighted by molar-refractivity contribution is -0.121. The highest BCUT2D eigenvalue weighted by Gasteiger charge is 2.09. The Morgan fingerprint density at radius 3 is 2.60 bits per heavy atom. The first-order valence-electron chi connectivity index (χ1n) is 8.05. The van der Waals surface area contributed by atoms with Gasteiger partial charge < -0.3 is 19.8 Å². The van der Waals surface area contributed by atoms with Gasteiger partial charge in [-0.05, 0) is 53.0 Å². The predicted molar refractivity (Wildman–Crippen MR) is 97.7 cm³/mol. The van der Waals surface area contributed by atoms with Crippen LogP contribution in [0.2, 0.25) is 0 Å². The van der Waals surface area contributed by atoms with E-state index >= 15 is 0 Å². The normalized spacial score (nSPS) is 10.3. The number of benzene rings is 1. The van der Waals surface area contributed by atoms with Gasteiger partial charge in [0.1, 0.15) is 5.75 Å². The Kier molecular flexibility index (Phi) is 7.53. The molecule has 0 aliphatic rings. The molecule has 0 saturated heterocycles. The van der Waals surface area contributed by atoms with E-state index in [1.807, 2.05) is 31.2 Å². The zero-order chi connectivity index (χ0) is 18.1. The van der Waals surface area contributed by atoms with Gasteiger partial charge in [0, 0.05) is 19.5 Å². The Hall–Kier alpha value is -2.28. The predicted octanol–water partition coefficient (Wildman–Crippen LogP) is 3.06. The molecule has 2 rings (SSSR count). The van der Waals surface area contributed by atoms with Gasteiger partial charge in [0.25, 0.3) is 5.91 Å². The van der Waals surface area contributed by atoms with Crippen LogP contribution in [0, 0.1) is 6.92 Å². The van der Waals surface area contributed by atoms with Crippen molar-refractivity contribution in [1.29, 1.82) is 0 Å². The summed E-state index contributed by atoms with van der Waals surface area (Å²) in [7, 11) is 0. The Bertz CT molecular complexity index is 715. The number of aryl methyl sites for hydroxylation is 1. The lowest BCUT2D eigenvalue weighted by atomic mass is 10.2. The first-order valence-corrected chi connectivity index (χ1v) is 8.84. The lowest BCUT2D eigenvalue weighted by Gasteiger charge is -2.09. The summed E-state index contributed by atoms with van der Waals surface area (Å²) in [6.45, 7) is 3.17. The number of halogens is 1. The van der Waals surface area contributed by atoms with E-state index in [1.165, 1.54) is 0 Å². The summed E-state index contributed by atoms with van der Waals surface area (Å²) >= 11 is 3.14. The highest BCUT2D eigenvalue weighted by atomic mass is 79.9. The maximum Gasteiger partial charge on any atom is 0.287 e. The van der Waals surface area contributed by atoms with Crippen LogP contribution in [-0.4, -0.2) is 31.5 Å². The monoisotopic (exact) mass is 408 g/mol. The van der Waals surface area contributed by atoms with Crippen molar-refractivity contribution in [1.82, 2.24) is 10.6 Å². The highest BCUT2D eigenvalue weighted by Crippen LogP contribution is 2.16. The molecule has 0 fully saturated rings. The fourth-order valence-corrected chi connectivity index (χ4v) is 2.43. The lowest BCUT2D eigenvalue weighted by Crippen LogP contribution is -2.34. The van der Waals surface area contributed by atoms with Crippen molar-refractivity contribution in [2.24, 2.45) is 0 Å². The zero-order valence-corrected chi connectivity index (χ0v) is 15.6. The van der Waals surface area contributed by atoms with Crippen molar-refractivity contribution in [3.63, 3.8) is 0 Å². The standard InChI is InChI=1S/C18H21BrN2O4/c1-13-5-2-3-6-14(13)24-12-4-7-17(22)20-10-11-21-18(23)15-8-9-16(19)25-15/h2-3,5-6,8-9H,4,7,10-12H2,1H3,(H,20,22)(H,21,23). The number of carbonyl (C=O) groups excluding carboxylic acids is 2. The molecule has 25 heavy (non-hydrogen) atoms. The smallest absolute Gasteiger partial charge is 0.287 e. The van der Waals surface area contributed by atoms with E-state index in [9.17, 15) is 9.59 Å². The molecule has 1 heterocycles. The molecule has 2 N–H and O–H groups in total. The molecular formula is C18H21BrN2O4. The molecule has 7 heteroatoms. The van der Waals surface area contributed by atoms with Crippen LogP contribution in [-0.2, 0) is 4.79 Å². The second-order valence-corrected chi connectivity index (χ2v) is 6.21. The van der Waals surface area contributed by atoms with Gasteiger partial charge in [0.2, 0.25) is 5.91 Å². The zero-order valence-electron chi connectivity index (χ0n) is 14.0. The van der Waals surface area contributed by atoms with Gasteiger partial charge in [-0.1, -0.05) is 18.2 Å². The van der Waals surface area contributed by atoms with E-state index < -0.39 is 0 Å². The summed E-state index contributed by atoms with van der Waals surface area (Å²) in [4.78, 5) is 23.5. The minimum atomic E-state index is -0.313. The molecule has 0 aliphatic carbocycles. The van der Waals surface area contributed by atoms with E-state index in [-0.39, 0.29) is 17.6 Å². The molecule has 2 amide bonds. The third-order valence-electron chi connectivity index (χ3n) is 3.43. The molecule has 0 bridgehead atoms.